The molecule has 0 aliphatic rings. The van der Waals surface area contributed by atoms with E-state index in [1.165, 1.54) is 11.1 Å². The monoisotopic (exact) mass is 207 g/mol. The molecule has 2 nitrogen and oxygen atoms in total. The molecule has 0 aliphatic heterocycles. The van der Waals surface area contributed by atoms with Gasteiger partial charge in [0.2, 0.25) is 0 Å². The summed E-state index contributed by atoms with van der Waals surface area (Å²) in [6.07, 6.45) is 0.860. The zero-order valence-corrected chi connectivity index (χ0v) is 9.27. The van der Waals surface area contributed by atoms with Crippen LogP contribution in [-0.2, 0) is 6.42 Å². The van der Waals surface area contributed by atoms with E-state index in [0.717, 1.165) is 28.8 Å². The minimum Gasteiger partial charge on any atom is -0.356 e. The van der Waals surface area contributed by atoms with E-state index in [-0.39, 0.29) is 0 Å². The van der Waals surface area contributed by atoms with Gasteiger partial charge in [-0.05, 0) is 42.9 Å². The number of aryl methyl sites for hydroxylation is 3. The molecule has 0 aliphatic carbocycles. The van der Waals surface area contributed by atoms with E-state index in [9.17, 15) is 0 Å². The van der Waals surface area contributed by atoms with Crippen LogP contribution in [0.1, 0.15) is 16.8 Å². The number of thiol groups is 1. The third kappa shape index (κ3) is 1.52. The molecule has 14 heavy (non-hydrogen) atoms. The fourth-order valence-corrected chi connectivity index (χ4v) is 1.74. The Bertz CT molecular complexity index is 462. The van der Waals surface area contributed by atoms with Gasteiger partial charge in [0.05, 0.1) is 5.69 Å². The quantitative estimate of drug-likeness (QED) is 0.766. The second-order valence-corrected chi connectivity index (χ2v) is 3.98. The molecule has 0 bridgehead atoms. The van der Waals surface area contributed by atoms with Crippen molar-refractivity contribution >= 4 is 23.6 Å². The van der Waals surface area contributed by atoms with Crippen LogP contribution in [0.25, 0.3) is 11.0 Å². The number of aromatic nitrogens is 1. The van der Waals surface area contributed by atoms with Gasteiger partial charge in [0, 0.05) is 11.8 Å². The zero-order valence-electron chi connectivity index (χ0n) is 8.37. The second-order valence-electron chi connectivity index (χ2n) is 3.54. The van der Waals surface area contributed by atoms with Gasteiger partial charge in [0.15, 0.2) is 5.58 Å². The van der Waals surface area contributed by atoms with Gasteiger partial charge in [-0.25, -0.2) is 0 Å². The molecule has 1 aromatic carbocycles. The van der Waals surface area contributed by atoms with Gasteiger partial charge in [0.25, 0.3) is 0 Å². The molecule has 0 radical (unpaired) electrons. The average Bonchev–Trinajstić information content (AvgIpc) is 2.51. The highest BCUT2D eigenvalue weighted by Crippen LogP contribution is 2.22. The first-order valence-electron chi connectivity index (χ1n) is 4.68. The first kappa shape index (κ1) is 9.59. The van der Waals surface area contributed by atoms with E-state index in [1.807, 2.05) is 6.07 Å². The van der Waals surface area contributed by atoms with Gasteiger partial charge in [-0.2, -0.15) is 12.6 Å². The van der Waals surface area contributed by atoms with Gasteiger partial charge in [-0.15, -0.1) is 0 Å². The van der Waals surface area contributed by atoms with Crippen LogP contribution in [0.4, 0.5) is 0 Å². The number of rotatable bonds is 2. The van der Waals surface area contributed by atoms with E-state index in [4.69, 9.17) is 4.52 Å². The maximum absolute atomic E-state index is 5.25. The van der Waals surface area contributed by atoms with Crippen LogP contribution in [0.15, 0.2) is 16.7 Å². The first-order valence-corrected chi connectivity index (χ1v) is 5.32. The number of fused-ring (bicyclic) bond motifs is 1. The van der Waals surface area contributed by atoms with Crippen molar-refractivity contribution in [2.45, 2.75) is 20.3 Å². The van der Waals surface area contributed by atoms with Crippen molar-refractivity contribution in [3.63, 3.8) is 0 Å². The van der Waals surface area contributed by atoms with Crippen LogP contribution in [-0.4, -0.2) is 10.9 Å². The highest BCUT2D eigenvalue weighted by atomic mass is 32.1. The Hall–Kier alpha value is -0.960. The topological polar surface area (TPSA) is 26.0 Å². The van der Waals surface area contributed by atoms with Gasteiger partial charge >= 0.3 is 0 Å². The van der Waals surface area contributed by atoms with Crippen LogP contribution >= 0.6 is 12.6 Å². The molecule has 0 N–H and O–H groups in total. The lowest BCUT2D eigenvalue weighted by Gasteiger charge is -1.98. The minimum absolute atomic E-state index is 0.800. The third-order valence-corrected chi connectivity index (χ3v) is 2.73. The molecule has 0 saturated carbocycles. The molecule has 0 unspecified atom stereocenters. The molecule has 0 fully saturated rings. The Kier molecular flexibility index (Phi) is 2.50. The van der Waals surface area contributed by atoms with Crippen molar-refractivity contribution < 1.29 is 4.52 Å². The largest absolute Gasteiger partial charge is 0.356 e. The Labute approximate surface area is 88.7 Å². The van der Waals surface area contributed by atoms with Crippen LogP contribution in [0.2, 0.25) is 0 Å². The summed E-state index contributed by atoms with van der Waals surface area (Å²) >= 11 is 4.20. The SMILES string of the molecule is Cc1cc2onc(CCS)c2cc1C. The van der Waals surface area contributed by atoms with E-state index >= 15 is 0 Å². The predicted molar refractivity (Wildman–Crippen MR) is 61.0 cm³/mol. The molecule has 3 heteroatoms. The summed E-state index contributed by atoms with van der Waals surface area (Å²) < 4.78 is 5.25. The standard InChI is InChI=1S/C11H13NOS/c1-7-5-9-10(3-4-14)12-13-11(9)6-8(7)2/h5-6,14H,3-4H2,1-2H3. The van der Waals surface area contributed by atoms with Crippen molar-refractivity contribution in [3.05, 3.63) is 29.0 Å². The smallest absolute Gasteiger partial charge is 0.167 e. The molecule has 0 spiro atoms. The Balaban J connectivity index is 2.61. The molecule has 2 aromatic rings. The molecular weight excluding hydrogens is 194 g/mol. The predicted octanol–water partition coefficient (Wildman–Crippen LogP) is 2.92. The average molecular weight is 207 g/mol. The summed E-state index contributed by atoms with van der Waals surface area (Å²) in [5.74, 6) is 0.800. The fourth-order valence-electron chi connectivity index (χ4n) is 1.53. The summed E-state index contributed by atoms with van der Waals surface area (Å²) in [6, 6.07) is 4.18. The molecule has 2 rings (SSSR count). The molecular formula is C11H13NOS. The minimum atomic E-state index is 0.800. The van der Waals surface area contributed by atoms with E-state index in [0.29, 0.717) is 0 Å². The van der Waals surface area contributed by atoms with Gasteiger partial charge in [0.1, 0.15) is 0 Å². The third-order valence-electron chi connectivity index (χ3n) is 2.51. The van der Waals surface area contributed by atoms with Gasteiger partial charge in [-0.3, -0.25) is 0 Å². The maximum atomic E-state index is 5.25. The number of hydrogen-bond donors (Lipinski definition) is 1. The molecule has 1 heterocycles. The lowest BCUT2D eigenvalue weighted by molar-refractivity contribution is 0.447. The van der Waals surface area contributed by atoms with E-state index < -0.39 is 0 Å². The number of hydrogen-bond acceptors (Lipinski definition) is 3. The number of nitrogens with zero attached hydrogens (tertiary/aromatic N) is 1. The Morgan fingerprint density at radius 1 is 1.29 bits per heavy atom. The maximum Gasteiger partial charge on any atom is 0.167 e. The molecule has 0 atom stereocenters. The lowest BCUT2D eigenvalue weighted by Crippen LogP contribution is -1.87. The van der Waals surface area contributed by atoms with Crippen molar-refractivity contribution in [1.82, 2.24) is 5.16 Å². The van der Waals surface area contributed by atoms with Crippen molar-refractivity contribution in [2.75, 3.05) is 5.75 Å². The van der Waals surface area contributed by atoms with Crippen molar-refractivity contribution in [3.8, 4) is 0 Å². The molecule has 0 amide bonds. The zero-order chi connectivity index (χ0) is 10.1. The molecule has 0 saturated heterocycles. The first-order chi connectivity index (χ1) is 6.72. The number of benzene rings is 1. The van der Waals surface area contributed by atoms with Crippen molar-refractivity contribution in [2.24, 2.45) is 0 Å². The Morgan fingerprint density at radius 3 is 2.71 bits per heavy atom. The van der Waals surface area contributed by atoms with Gasteiger partial charge in [-0.1, -0.05) is 5.16 Å². The summed E-state index contributed by atoms with van der Waals surface area (Å²) in [7, 11) is 0. The van der Waals surface area contributed by atoms with Crippen LogP contribution in [0.5, 0.6) is 0 Å². The van der Waals surface area contributed by atoms with Crippen LogP contribution in [0.3, 0.4) is 0 Å². The lowest BCUT2D eigenvalue weighted by atomic mass is 10.1. The molecule has 74 valence electrons. The summed E-state index contributed by atoms with van der Waals surface area (Å²) in [6.45, 7) is 4.18. The second kappa shape index (κ2) is 3.65. The normalized spacial score (nSPS) is 11.1. The summed E-state index contributed by atoms with van der Waals surface area (Å²) in [5.41, 5.74) is 4.41. The van der Waals surface area contributed by atoms with E-state index in [2.05, 4.69) is 37.7 Å². The summed E-state index contributed by atoms with van der Waals surface area (Å²) in [5, 5.41) is 5.17. The van der Waals surface area contributed by atoms with Crippen molar-refractivity contribution in [1.29, 1.82) is 0 Å². The van der Waals surface area contributed by atoms with Crippen LogP contribution in [0, 0.1) is 13.8 Å². The Morgan fingerprint density at radius 2 is 2.00 bits per heavy atom. The molecule has 1 aromatic heterocycles. The highest BCUT2D eigenvalue weighted by molar-refractivity contribution is 7.80. The van der Waals surface area contributed by atoms with Crippen LogP contribution < -0.4 is 0 Å². The summed E-state index contributed by atoms with van der Waals surface area (Å²) in [4.78, 5) is 0. The fraction of sp³-hybridized carbons (Fsp3) is 0.364. The highest BCUT2D eigenvalue weighted by Gasteiger charge is 2.08. The van der Waals surface area contributed by atoms with E-state index in [1.54, 1.807) is 0 Å². The van der Waals surface area contributed by atoms with Gasteiger partial charge < -0.3 is 4.52 Å².